The number of nitrogens with zero attached hydrogens (tertiary/aromatic N) is 2. The van der Waals surface area contributed by atoms with Gasteiger partial charge in [0, 0.05) is 17.9 Å². The van der Waals surface area contributed by atoms with Crippen LogP contribution in [0.25, 0.3) is 0 Å². The molecule has 92 valence electrons. The van der Waals surface area contributed by atoms with Crippen molar-refractivity contribution in [2.24, 2.45) is 5.73 Å². The van der Waals surface area contributed by atoms with Crippen molar-refractivity contribution in [2.45, 2.75) is 19.4 Å². The van der Waals surface area contributed by atoms with Gasteiger partial charge in [0.15, 0.2) is 5.82 Å². The Bertz CT molecular complexity index is 441. The number of ether oxygens (including phenoxy) is 1. The summed E-state index contributed by atoms with van der Waals surface area (Å²) in [4.78, 5) is 5.28. The molecule has 2 aromatic rings. The quantitative estimate of drug-likeness (QED) is 0.794. The molecule has 0 aliphatic carbocycles. The van der Waals surface area contributed by atoms with Gasteiger partial charge in [-0.25, -0.2) is 0 Å². The zero-order valence-corrected chi connectivity index (χ0v) is 10.4. The number of hydrogen-bond acceptors (Lipinski definition) is 6. The van der Waals surface area contributed by atoms with E-state index in [1.54, 1.807) is 11.3 Å². The van der Waals surface area contributed by atoms with Crippen LogP contribution in [-0.2, 0) is 11.2 Å². The first-order valence-electron chi connectivity index (χ1n) is 5.50. The summed E-state index contributed by atoms with van der Waals surface area (Å²) >= 11 is 1.58. The summed E-state index contributed by atoms with van der Waals surface area (Å²) in [5.74, 6) is 1.10. The second kappa shape index (κ2) is 5.90. The van der Waals surface area contributed by atoms with Gasteiger partial charge in [0.1, 0.15) is 6.04 Å². The van der Waals surface area contributed by atoms with Crippen LogP contribution in [-0.4, -0.2) is 23.4 Å². The van der Waals surface area contributed by atoms with Crippen LogP contribution in [0, 0.1) is 0 Å². The summed E-state index contributed by atoms with van der Waals surface area (Å²) in [5.41, 5.74) is 6.01. The third-order valence-electron chi connectivity index (χ3n) is 2.27. The fourth-order valence-electron chi connectivity index (χ4n) is 1.39. The minimum atomic E-state index is -0.330. The van der Waals surface area contributed by atoms with Gasteiger partial charge in [-0.3, -0.25) is 0 Å². The normalized spacial score (nSPS) is 12.8. The molecule has 1 unspecified atom stereocenters. The Labute approximate surface area is 104 Å². The molecule has 5 nitrogen and oxygen atoms in total. The Morgan fingerprint density at radius 3 is 3.18 bits per heavy atom. The molecule has 0 spiro atoms. The van der Waals surface area contributed by atoms with Crippen molar-refractivity contribution < 1.29 is 9.26 Å². The Morgan fingerprint density at radius 1 is 1.59 bits per heavy atom. The first-order valence-corrected chi connectivity index (χ1v) is 6.38. The van der Waals surface area contributed by atoms with E-state index in [1.807, 2.05) is 24.4 Å². The van der Waals surface area contributed by atoms with E-state index in [9.17, 15) is 0 Å². The average molecular weight is 253 g/mol. The largest absolute Gasteiger partial charge is 0.381 e. The lowest BCUT2D eigenvalue weighted by atomic mass is 10.2. The Hall–Kier alpha value is -1.24. The first-order chi connectivity index (χ1) is 8.31. The molecule has 0 aromatic carbocycles. The fraction of sp³-hybridized carbons (Fsp3) is 0.455. The summed E-state index contributed by atoms with van der Waals surface area (Å²) < 4.78 is 10.4. The number of thiophene rings is 1. The Morgan fingerprint density at radius 2 is 2.47 bits per heavy atom. The summed E-state index contributed by atoms with van der Waals surface area (Å²) in [6.07, 6.45) is 0.647. The number of aromatic nitrogens is 2. The molecular formula is C11H15N3O2S. The molecular weight excluding hydrogens is 238 g/mol. The molecule has 0 aliphatic heterocycles. The van der Waals surface area contributed by atoms with Gasteiger partial charge in [-0.15, -0.1) is 11.3 Å². The van der Waals surface area contributed by atoms with Gasteiger partial charge in [0.2, 0.25) is 5.89 Å². The van der Waals surface area contributed by atoms with Crippen LogP contribution >= 0.6 is 11.3 Å². The van der Waals surface area contributed by atoms with Gasteiger partial charge < -0.3 is 15.0 Å². The van der Waals surface area contributed by atoms with E-state index < -0.39 is 0 Å². The average Bonchev–Trinajstić information content (AvgIpc) is 3.00. The predicted molar refractivity (Wildman–Crippen MR) is 64.8 cm³/mol. The second-order valence-electron chi connectivity index (χ2n) is 3.49. The standard InChI is InChI=1S/C11H15N3O2S/c1-2-15-6-5-9-13-11(16-14-9)10(12)8-4-3-7-17-8/h3-4,7,10H,2,5-6,12H2,1H3. The van der Waals surface area contributed by atoms with Crippen molar-refractivity contribution >= 4 is 11.3 Å². The second-order valence-corrected chi connectivity index (χ2v) is 4.47. The van der Waals surface area contributed by atoms with E-state index in [0.29, 0.717) is 31.3 Å². The summed E-state index contributed by atoms with van der Waals surface area (Å²) in [6.45, 7) is 3.25. The van der Waals surface area contributed by atoms with Crippen LogP contribution in [0.3, 0.4) is 0 Å². The highest BCUT2D eigenvalue weighted by Gasteiger charge is 2.17. The van der Waals surface area contributed by atoms with E-state index in [4.69, 9.17) is 15.0 Å². The third kappa shape index (κ3) is 3.12. The van der Waals surface area contributed by atoms with E-state index in [0.717, 1.165) is 4.88 Å². The van der Waals surface area contributed by atoms with E-state index in [1.165, 1.54) is 0 Å². The smallest absolute Gasteiger partial charge is 0.248 e. The molecule has 6 heteroatoms. The highest BCUT2D eigenvalue weighted by atomic mass is 32.1. The highest BCUT2D eigenvalue weighted by molar-refractivity contribution is 7.10. The van der Waals surface area contributed by atoms with Crippen LogP contribution in [0.4, 0.5) is 0 Å². The third-order valence-corrected chi connectivity index (χ3v) is 3.23. The van der Waals surface area contributed by atoms with Gasteiger partial charge >= 0.3 is 0 Å². The molecule has 2 aromatic heterocycles. The van der Waals surface area contributed by atoms with Gasteiger partial charge in [0.05, 0.1) is 6.61 Å². The van der Waals surface area contributed by atoms with Crippen molar-refractivity contribution in [3.05, 3.63) is 34.1 Å². The van der Waals surface area contributed by atoms with Gasteiger partial charge in [-0.2, -0.15) is 4.98 Å². The first kappa shape index (κ1) is 12.2. The van der Waals surface area contributed by atoms with Crippen molar-refractivity contribution in [3.63, 3.8) is 0 Å². The molecule has 0 saturated heterocycles. The molecule has 2 heterocycles. The number of hydrogen-bond donors (Lipinski definition) is 1. The van der Waals surface area contributed by atoms with Crippen molar-refractivity contribution in [1.82, 2.24) is 10.1 Å². The zero-order valence-electron chi connectivity index (χ0n) is 9.63. The van der Waals surface area contributed by atoms with Gasteiger partial charge in [0.25, 0.3) is 0 Å². The maximum atomic E-state index is 6.01. The van der Waals surface area contributed by atoms with Crippen LogP contribution in [0.15, 0.2) is 22.0 Å². The molecule has 2 N–H and O–H groups in total. The lowest BCUT2D eigenvalue weighted by molar-refractivity contribution is 0.149. The van der Waals surface area contributed by atoms with Gasteiger partial charge in [-0.05, 0) is 18.4 Å². The maximum Gasteiger partial charge on any atom is 0.248 e. The molecule has 0 bridgehead atoms. The fourth-order valence-corrected chi connectivity index (χ4v) is 2.11. The highest BCUT2D eigenvalue weighted by Crippen LogP contribution is 2.22. The number of nitrogens with two attached hydrogens (primary N) is 1. The molecule has 0 amide bonds. The van der Waals surface area contributed by atoms with Gasteiger partial charge in [-0.1, -0.05) is 11.2 Å². The number of rotatable bonds is 6. The molecule has 0 radical (unpaired) electrons. The minimum absolute atomic E-state index is 0.330. The molecule has 0 aliphatic rings. The molecule has 0 saturated carbocycles. The maximum absolute atomic E-state index is 6.01. The van der Waals surface area contributed by atoms with Crippen LogP contribution in [0.1, 0.15) is 29.6 Å². The monoisotopic (exact) mass is 253 g/mol. The van der Waals surface area contributed by atoms with E-state index in [2.05, 4.69) is 10.1 Å². The predicted octanol–water partition coefficient (Wildman–Crippen LogP) is 1.76. The Balaban J connectivity index is 1.98. The van der Waals surface area contributed by atoms with Crippen molar-refractivity contribution in [2.75, 3.05) is 13.2 Å². The lowest BCUT2D eigenvalue weighted by Gasteiger charge is -2.01. The zero-order chi connectivity index (χ0) is 12.1. The lowest BCUT2D eigenvalue weighted by Crippen LogP contribution is -2.10. The summed E-state index contributed by atoms with van der Waals surface area (Å²) in [6, 6.07) is 3.58. The summed E-state index contributed by atoms with van der Waals surface area (Å²) in [7, 11) is 0. The molecule has 2 rings (SSSR count). The van der Waals surface area contributed by atoms with Crippen molar-refractivity contribution in [3.8, 4) is 0 Å². The van der Waals surface area contributed by atoms with Crippen LogP contribution < -0.4 is 5.73 Å². The molecule has 0 fully saturated rings. The van der Waals surface area contributed by atoms with E-state index in [-0.39, 0.29) is 6.04 Å². The van der Waals surface area contributed by atoms with E-state index >= 15 is 0 Å². The van der Waals surface area contributed by atoms with Crippen LogP contribution in [0.2, 0.25) is 0 Å². The minimum Gasteiger partial charge on any atom is -0.381 e. The Kier molecular flexibility index (Phi) is 4.24. The molecule has 17 heavy (non-hydrogen) atoms. The molecule has 1 atom stereocenters. The SMILES string of the molecule is CCOCCc1noc(C(N)c2cccs2)n1. The van der Waals surface area contributed by atoms with Crippen molar-refractivity contribution in [1.29, 1.82) is 0 Å². The summed E-state index contributed by atoms with van der Waals surface area (Å²) in [5, 5.41) is 5.85. The topological polar surface area (TPSA) is 74.2 Å². The van der Waals surface area contributed by atoms with Crippen LogP contribution in [0.5, 0.6) is 0 Å².